The Morgan fingerprint density at radius 1 is 1.00 bits per heavy atom. The van der Waals surface area contributed by atoms with Crippen LogP contribution in [0.25, 0.3) is 0 Å². The summed E-state index contributed by atoms with van der Waals surface area (Å²) in [5, 5.41) is 3.13. The first-order valence-electron chi connectivity index (χ1n) is 14.7. The molecule has 0 unspecified atom stereocenters. The largest absolute Gasteiger partial charge is 0.494 e. The number of nitrogens with one attached hydrogen (secondary N) is 1. The molecule has 43 heavy (non-hydrogen) atoms. The van der Waals surface area contributed by atoms with Crippen molar-refractivity contribution in [3.8, 4) is 5.75 Å². The number of hydrogen-bond donors (Lipinski definition) is 1. The van der Waals surface area contributed by atoms with Crippen LogP contribution in [-0.4, -0.2) is 50.4 Å². The Labute approximate surface area is 263 Å². The van der Waals surface area contributed by atoms with Crippen molar-refractivity contribution in [1.82, 2.24) is 10.2 Å². The van der Waals surface area contributed by atoms with Crippen LogP contribution in [0, 0.1) is 6.92 Å². The summed E-state index contributed by atoms with van der Waals surface area (Å²) in [5.41, 5.74) is 2.05. The second kappa shape index (κ2) is 14.9. The van der Waals surface area contributed by atoms with Crippen molar-refractivity contribution in [2.45, 2.75) is 76.4 Å². The molecule has 1 atom stereocenters. The smallest absolute Gasteiger partial charge is 0.264 e. The van der Waals surface area contributed by atoms with Gasteiger partial charge in [-0.05, 0) is 87.7 Å². The van der Waals surface area contributed by atoms with E-state index in [1.54, 1.807) is 43.3 Å². The summed E-state index contributed by atoms with van der Waals surface area (Å²) in [5.74, 6) is -0.144. The minimum Gasteiger partial charge on any atom is -0.494 e. The molecule has 0 radical (unpaired) electrons. The van der Waals surface area contributed by atoms with Crippen LogP contribution in [0.3, 0.4) is 0 Å². The molecule has 2 amide bonds. The maximum absolute atomic E-state index is 14.2. The van der Waals surface area contributed by atoms with Crippen LogP contribution in [0.5, 0.6) is 5.75 Å². The van der Waals surface area contributed by atoms with Gasteiger partial charge in [0.1, 0.15) is 18.3 Å². The van der Waals surface area contributed by atoms with E-state index in [4.69, 9.17) is 4.74 Å². The highest BCUT2D eigenvalue weighted by atomic mass is 79.9. The van der Waals surface area contributed by atoms with Crippen LogP contribution >= 0.6 is 15.9 Å². The minimum atomic E-state index is -4.14. The van der Waals surface area contributed by atoms with E-state index < -0.39 is 28.5 Å². The molecule has 1 aliphatic carbocycles. The van der Waals surface area contributed by atoms with Gasteiger partial charge in [0.2, 0.25) is 11.8 Å². The van der Waals surface area contributed by atoms with Gasteiger partial charge in [-0.3, -0.25) is 13.9 Å². The molecule has 1 aliphatic rings. The van der Waals surface area contributed by atoms with Gasteiger partial charge in [-0.15, -0.1) is 0 Å². The first-order chi connectivity index (χ1) is 20.6. The lowest BCUT2D eigenvalue weighted by Gasteiger charge is -2.33. The number of sulfonamides is 1. The molecule has 4 rings (SSSR count). The van der Waals surface area contributed by atoms with Crippen molar-refractivity contribution in [1.29, 1.82) is 0 Å². The lowest BCUT2D eigenvalue weighted by Crippen LogP contribution is -2.53. The van der Waals surface area contributed by atoms with Crippen molar-refractivity contribution in [3.63, 3.8) is 0 Å². The maximum Gasteiger partial charge on any atom is 0.264 e. The summed E-state index contributed by atoms with van der Waals surface area (Å²) in [6.45, 7) is 5.56. The molecule has 1 saturated carbocycles. The molecule has 0 saturated heterocycles. The predicted octanol–water partition coefficient (Wildman–Crippen LogP) is 6.22. The lowest BCUT2D eigenvalue weighted by atomic mass is 9.95. The zero-order valence-corrected chi connectivity index (χ0v) is 27.4. The van der Waals surface area contributed by atoms with Crippen molar-refractivity contribution in [3.05, 3.63) is 88.4 Å². The summed E-state index contributed by atoms with van der Waals surface area (Å²) in [4.78, 5) is 29.2. The molecule has 0 bridgehead atoms. The molecule has 0 aliphatic heterocycles. The van der Waals surface area contributed by atoms with Gasteiger partial charge in [-0.2, -0.15) is 0 Å². The summed E-state index contributed by atoms with van der Waals surface area (Å²) < 4.78 is 35.5. The van der Waals surface area contributed by atoms with E-state index in [0.717, 1.165) is 52.0 Å². The molecule has 0 spiro atoms. The topological polar surface area (TPSA) is 96.0 Å². The zero-order valence-electron chi connectivity index (χ0n) is 25.0. The highest BCUT2D eigenvalue weighted by Crippen LogP contribution is 2.27. The van der Waals surface area contributed by atoms with Gasteiger partial charge in [0, 0.05) is 17.1 Å². The van der Waals surface area contributed by atoms with E-state index in [2.05, 4.69) is 21.2 Å². The molecule has 10 heteroatoms. The van der Waals surface area contributed by atoms with E-state index in [-0.39, 0.29) is 23.4 Å². The predicted molar refractivity (Wildman–Crippen MR) is 172 cm³/mol. The number of halogens is 1. The van der Waals surface area contributed by atoms with Crippen molar-refractivity contribution in [2.75, 3.05) is 17.5 Å². The number of carbonyl (C=O) groups is 2. The third-order valence-electron chi connectivity index (χ3n) is 7.68. The number of anilines is 1. The third kappa shape index (κ3) is 8.60. The standard InChI is InChI=1S/C33H40BrN3O5S/c1-4-42-30-17-15-29(16-18-30)37(43(40,41)31-19-13-24(2)14-20-31)23-32(38)36(22-26-9-8-10-27(34)21-26)25(3)33(39)35-28-11-6-5-7-12-28/h8-10,13-21,25,28H,4-7,11-12,22-23H2,1-3H3,(H,35,39)/t25-/m1/s1. The van der Waals surface area contributed by atoms with Crippen molar-refractivity contribution >= 4 is 43.5 Å². The van der Waals surface area contributed by atoms with E-state index in [1.807, 2.05) is 38.1 Å². The Hall–Kier alpha value is -3.37. The molecule has 3 aromatic carbocycles. The number of rotatable bonds is 12. The Bertz CT molecular complexity index is 1490. The first kappa shape index (κ1) is 32.5. The lowest BCUT2D eigenvalue weighted by molar-refractivity contribution is -0.139. The molecule has 1 N–H and O–H groups in total. The van der Waals surface area contributed by atoms with Gasteiger partial charge in [0.15, 0.2) is 0 Å². The minimum absolute atomic E-state index is 0.0708. The number of benzene rings is 3. The number of carbonyl (C=O) groups excluding carboxylic acids is 2. The number of hydrogen-bond acceptors (Lipinski definition) is 5. The quantitative estimate of drug-likeness (QED) is 0.247. The van der Waals surface area contributed by atoms with Gasteiger partial charge >= 0.3 is 0 Å². The van der Waals surface area contributed by atoms with E-state index in [0.29, 0.717) is 18.0 Å². The monoisotopic (exact) mass is 669 g/mol. The normalized spacial score (nSPS) is 14.5. The van der Waals surface area contributed by atoms with Gasteiger partial charge < -0.3 is 15.0 Å². The summed E-state index contributed by atoms with van der Waals surface area (Å²) >= 11 is 3.49. The zero-order chi connectivity index (χ0) is 31.0. The molecule has 0 aromatic heterocycles. The fourth-order valence-electron chi connectivity index (χ4n) is 5.22. The van der Waals surface area contributed by atoms with E-state index >= 15 is 0 Å². The van der Waals surface area contributed by atoms with Gasteiger partial charge in [-0.1, -0.05) is 65.0 Å². The van der Waals surface area contributed by atoms with Gasteiger partial charge in [-0.25, -0.2) is 8.42 Å². The van der Waals surface area contributed by atoms with Crippen LogP contribution in [0.2, 0.25) is 0 Å². The molecule has 1 fully saturated rings. The van der Waals surface area contributed by atoms with Crippen molar-refractivity contribution in [2.24, 2.45) is 0 Å². The highest BCUT2D eigenvalue weighted by Gasteiger charge is 2.33. The number of aryl methyl sites for hydroxylation is 1. The van der Waals surface area contributed by atoms with Gasteiger partial charge in [0.25, 0.3) is 10.0 Å². The summed E-state index contributed by atoms with van der Waals surface area (Å²) in [7, 11) is -4.14. The Morgan fingerprint density at radius 3 is 2.30 bits per heavy atom. The summed E-state index contributed by atoms with van der Waals surface area (Å²) in [6.07, 6.45) is 5.12. The van der Waals surface area contributed by atoms with Crippen LogP contribution in [0.1, 0.15) is 57.1 Å². The molecule has 8 nitrogen and oxygen atoms in total. The van der Waals surface area contributed by atoms with Crippen LogP contribution in [0.4, 0.5) is 5.69 Å². The molecule has 3 aromatic rings. The fraction of sp³-hybridized carbons (Fsp3) is 0.394. The Morgan fingerprint density at radius 2 is 1.67 bits per heavy atom. The highest BCUT2D eigenvalue weighted by molar-refractivity contribution is 9.10. The molecule has 230 valence electrons. The number of ether oxygens (including phenoxy) is 1. The van der Waals surface area contributed by atoms with E-state index in [9.17, 15) is 18.0 Å². The summed E-state index contributed by atoms with van der Waals surface area (Å²) in [6, 6.07) is 19.9. The number of amides is 2. The van der Waals surface area contributed by atoms with E-state index in [1.165, 1.54) is 17.0 Å². The average Bonchev–Trinajstić information content (AvgIpc) is 2.99. The Balaban J connectivity index is 1.68. The first-order valence-corrected chi connectivity index (χ1v) is 17.0. The molecular formula is C33H40BrN3O5S. The van der Waals surface area contributed by atoms with Crippen LogP contribution < -0.4 is 14.4 Å². The number of nitrogens with zero attached hydrogens (tertiary/aromatic N) is 2. The maximum atomic E-state index is 14.2. The second-order valence-electron chi connectivity index (χ2n) is 10.9. The average molecular weight is 671 g/mol. The van der Waals surface area contributed by atoms with Gasteiger partial charge in [0.05, 0.1) is 17.2 Å². The molecular weight excluding hydrogens is 630 g/mol. The fourth-order valence-corrected chi connectivity index (χ4v) is 7.09. The van der Waals surface area contributed by atoms with Crippen LogP contribution in [0.15, 0.2) is 82.2 Å². The van der Waals surface area contributed by atoms with Crippen molar-refractivity contribution < 1.29 is 22.7 Å². The SMILES string of the molecule is CCOc1ccc(N(CC(=O)N(Cc2cccc(Br)c2)[C@H](C)C(=O)NC2CCCCC2)S(=O)(=O)c2ccc(C)cc2)cc1. The Kier molecular flexibility index (Phi) is 11.3. The molecule has 0 heterocycles. The van der Waals surface area contributed by atoms with Crippen LogP contribution in [-0.2, 0) is 26.2 Å². The second-order valence-corrected chi connectivity index (χ2v) is 13.7. The third-order valence-corrected chi connectivity index (χ3v) is 9.97.